The number of carbonyl (C=O) groups is 1. The zero-order valence-corrected chi connectivity index (χ0v) is 28.6. The van der Waals surface area contributed by atoms with Gasteiger partial charge < -0.3 is 14.4 Å². The number of halogens is 3. The minimum absolute atomic E-state index is 0.135. The van der Waals surface area contributed by atoms with E-state index >= 15 is 8.78 Å². The van der Waals surface area contributed by atoms with Crippen LogP contribution in [0.4, 0.5) is 8.78 Å². The summed E-state index contributed by atoms with van der Waals surface area (Å²) in [5, 5.41) is 22.4. The molecule has 0 amide bonds. The van der Waals surface area contributed by atoms with Gasteiger partial charge in [0.2, 0.25) is 0 Å². The fraction of sp³-hybridized carbons (Fsp3) is 0.306. The number of aryl methyl sites for hydroxylation is 4. The molecule has 0 unspecified atom stereocenters. The van der Waals surface area contributed by atoms with E-state index in [1.165, 1.54) is 16.8 Å². The van der Waals surface area contributed by atoms with Crippen LogP contribution in [0.1, 0.15) is 50.8 Å². The van der Waals surface area contributed by atoms with E-state index in [9.17, 15) is 9.90 Å². The van der Waals surface area contributed by atoms with Gasteiger partial charge in [-0.1, -0.05) is 41.9 Å². The first-order valence-electron chi connectivity index (χ1n) is 15.6. The van der Waals surface area contributed by atoms with Crippen molar-refractivity contribution in [2.45, 2.75) is 43.6 Å². The molecule has 4 heterocycles. The van der Waals surface area contributed by atoms with Gasteiger partial charge in [0, 0.05) is 71.5 Å². The maximum absolute atomic E-state index is 16.0. The van der Waals surface area contributed by atoms with Crippen LogP contribution < -0.4 is 4.74 Å². The normalized spacial score (nSPS) is 15.3. The first-order chi connectivity index (χ1) is 22.9. The average molecular weight is 690 g/mol. The number of benzene rings is 3. The molecule has 1 N–H and O–H groups in total. The number of alkyl halides is 2. The second-order valence-electron chi connectivity index (χ2n) is 12.3. The minimum Gasteiger partial charge on any atom is -0.493 e. The van der Waals surface area contributed by atoms with Crippen molar-refractivity contribution in [2.75, 3.05) is 6.61 Å². The van der Waals surface area contributed by atoms with Crippen LogP contribution in [0.25, 0.3) is 32.8 Å². The van der Waals surface area contributed by atoms with Gasteiger partial charge in [-0.05, 0) is 55.0 Å². The molecule has 6 aromatic rings. The van der Waals surface area contributed by atoms with Crippen molar-refractivity contribution in [3.63, 3.8) is 0 Å². The molecule has 0 saturated heterocycles. The molecular formula is C36H34ClF2N5O3S. The van der Waals surface area contributed by atoms with Crippen molar-refractivity contribution in [3.05, 3.63) is 99.2 Å². The van der Waals surface area contributed by atoms with Gasteiger partial charge in [0.15, 0.2) is 0 Å². The molecule has 8 nitrogen and oxygen atoms in total. The number of ether oxygens (including phenoxy) is 1. The number of carboxylic acids is 1. The lowest BCUT2D eigenvalue weighted by atomic mass is 9.98. The zero-order valence-electron chi connectivity index (χ0n) is 27.0. The lowest BCUT2D eigenvalue weighted by Gasteiger charge is -2.19. The molecule has 3 aromatic heterocycles. The Hall–Kier alpha value is -4.35. The number of fused-ring (bicyclic) bond motifs is 8. The Morgan fingerprint density at radius 3 is 2.58 bits per heavy atom. The Morgan fingerprint density at radius 2 is 1.79 bits per heavy atom. The molecule has 7 rings (SSSR count). The third-order valence-corrected chi connectivity index (χ3v) is 10.6. The monoisotopic (exact) mass is 689 g/mol. The van der Waals surface area contributed by atoms with Gasteiger partial charge in [-0.15, -0.1) is 11.8 Å². The van der Waals surface area contributed by atoms with Crippen LogP contribution in [0, 0.1) is 6.92 Å². The quantitative estimate of drug-likeness (QED) is 0.187. The van der Waals surface area contributed by atoms with Crippen LogP contribution >= 0.6 is 23.4 Å². The van der Waals surface area contributed by atoms with Crippen LogP contribution in [0.3, 0.4) is 0 Å². The highest BCUT2D eigenvalue weighted by molar-refractivity contribution is 7.97. The van der Waals surface area contributed by atoms with Crippen LogP contribution in [-0.2, 0) is 51.4 Å². The van der Waals surface area contributed by atoms with Crippen molar-refractivity contribution < 1.29 is 23.4 Å². The topological polar surface area (TPSA) is 87.1 Å². The van der Waals surface area contributed by atoms with Crippen molar-refractivity contribution in [1.82, 2.24) is 24.1 Å². The summed E-state index contributed by atoms with van der Waals surface area (Å²) < 4.78 is 43.2. The maximum atomic E-state index is 16.0. The lowest BCUT2D eigenvalue weighted by Crippen LogP contribution is -2.19. The van der Waals surface area contributed by atoms with Crippen molar-refractivity contribution in [1.29, 1.82) is 0 Å². The molecule has 12 heteroatoms. The summed E-state index contributed by atoms with van der Waals surface area (Å²) in [6, 6.07) is 15.7. The smallest absolute Gasteiger partial charge is 0.352 e. The molecule has 0 fully saturated rings. The lowest BCUT2D eigenvalue weighted by molar-refractivity contribution is -0.00571. The summed E-state index contributed by atoms with van der Waals surface area (Å²) in [5.41, 5.74) is 5.82. The Morgan fingerprint density at radius 1 is 1.00 bits per heavy atom. The predicted molar refractivity (Wildman–Crippen MR) is 185 cm³/mol. The second kappa shape index (κ2) is 12.3. The van der Waals surface area contributed by atoms with Crippen LogP contribution in [0.15, 0.2) is 54.6 Å². The van der Waals surface area contributed by atoms with E-state index < -0.39 is 18.3 Å². The van der Waals surface area contributed by atoms with E-state index in [4.69, 9.17) is 21.4 Å². The van der Waals surface area contributed by atoms with Gasteiger partial charge in [0.25, 0.3) is 5.92 Å². The van der Waals surface area contributed by atoms with Crippen molar-refractivity contribution in [2.24, 2.45) is 21.1 Å². The van der Waals surface area contributed by atoms with Crippen LogP contribution in [0.5, 0.6) is 5.75 Å². The number of hydrogen-bond acceptors (Lipinski definition) is 5. The number of nitrogens with zero attached hydrogens (tertiary/aromatic N) is 5. The number of hydrogen-bond donors (Lipinski definition) is 1. The van der Waals surface area contributed by atoms with E-state index in [0.717, 1.165) is 38.8 Å². The van der Waals surface area contributed by atoms with Gasteiger partial charge in [-0.3, -0.25) is 9.36 Å². The molecule has 0 aliphatic carbocycles. The third kappa shape index (κ3) is 5.52. The number of carboxylic acid groups (broad SMARTS) is 1. The molecule has 8 bridgehead atoms. The van der Waals surface area contributed by atoms with Gasteiger partial charge in [0.05, 0.1) is 35.0 Å². The average Bonchev–Trinajstić information content (AvgIpc) is 3.63. The summed E-state index contributed by atoms with van der Waals surface area (Å²) in [6.07, 6.45) is 0.335. The van der Waals surface area contributed by atoms with Crippen molar-refractivity contribution in [3.8, 4) is 16.9 Å². The number of aromatic nitrogens is 5. The molecule has 248 valence electrons. The number of aromatic carboxylic acids is 1. The molecule has 48 heavy (non-hydrogen) atoms. The first-order valence-corrected chi connectivity index (χ1v) is 17.2. The second-order valence-corrected chi connectivity index (χ2v) is 13.7. The van der Waals surface area contributed by atoms with Gasteiger partial charge in [0.1, 0.15) is 11.4 Å². The third-order valence-electron chi connectivity index (χ3n) is 9.26. The number of rotatable bonds is 1. The highest BCUT2D eigenvalue weighted by Gasteiger charge is 2.35. The molecule has 0 atom stereocenters. The standard InChI is InChI=1S/C36H34ClF2N5O3S/c1-20-31-29(41-43(20)3)19-48-18-23-16-24(44(4)40-23)17-36(38,39)22-14-21-8-5-6-9-25(21)30(15-22)47-13-7-10-26-27-11-12-28(37)32(31)33(27)42(2)34(26)35(45)46/h5-6,8-9,11-12,14-16H,7,10,13,17-19H2,1-4H3,(H,45,46). The molecule has 0 spiro atoms. The first kappa shape index (κ1) is 32.2. The predicted octanol–water partition coefficient (Wildman–Crippen LogP) is 8.22. The summed E-state index contributed by atoms with van der Waals surface area (Å²) in [7, 11) is 5.31. The minimum atomic E-state index is -3.19. The fourth-order valence-corrected chi connectivity index (χ4v) is 7.99. The van der Waals surface area contributed by atoms with Gasteiger partial charge >= 0.3 is 5.97 Å². The Bertz CT molecular complexity index is 2240. The maximum Gasteiger partial charge on any atom is 0.352 e. The van der Waals surface area contributed by atoms with Gasteiger partial charge in [-0.2, -0.15) is 10.2 Å². The molecule has 3 aromatic carbocycles. The van der Waals surface area contributed by atoms with Crippen LogP contribution in [0.2, 0.25) is 5.02 Å². The van der Waals surface area contributed by atoms with Crippen molar-refractivity contribution >= 4 is 51.0 Å². The highest BCUT2D eigenvalue weighted by atomic mass is 35.5. The van der Waals surface area contributed by atoms with Crippen LogP contribution in [-0.4, -0.2) is 41.8 Å². The van der Waals surface area contributed by atoms with E-state index in [1.54, 1.807) is 47.2 Å². The molecule has 0 radical (unpaired) electrons. The van der Waals surface area contributed by atoms with E-state index in [0.29, 0.717) is 57.5 Å². The Balaban J connectivity index is 1.38. The van der Waals surface area contributed by atoms with Gasteiger partial charge in [-0.25, -0.2) is 13.6 Å². The SMILES string of the molecule is Cc1c2c(nn1C)CSCc1cc(n(C)n1)CC(F)(F)c1cc(c3ccccc3c1)OCCCc1c(C(=O)O)n(C)c3c-2c(Cl)ccc13. The summed E-state index contributed by atoms with van der Waals surface area (Å²) in [5.74, 6) is -2.88. The highest BCUT2D eigenvalue weighted by Crippen LogP contribution is 2.43. The molecule has 1 aliphatic rings. The molecule has 1 aliphatic heterocycles. The molecular weight excluding hydrogens is 656 g/mol. The van der Waals surface area contributed by atoms with E-state index in [2.05, 4.69) is 5.10 Å². The largest absolute Gasteiger partial charge is 0.493 e. The Kier molecular flexibility index (Phi) is 8.23. The summed E-state index contributed by atoms with van der Waals surface area (Å²) in [6.45, 7) is 2.17. The Labute approximate surface area is 285 Å². The van der Waals surface area contributed by atoms with E-state index in [1.807, 2.05) is 44.3 Å². The zero-order chi connectivity index (χ0) is 33.9. The fourth-order valence-electron chi connectivity index (χ4n) is 6.89. The molecule has 0 saturated carbocycles. The summed E-state index contributed by atoms with van der Waals surface area (Å²) >= 11 is 8.52. The van der Waals surface area contributed by atoms with E-state index in [-0.39, 0.29) is 17.9 Å². The summed E-state index contributed by atoms with van der Waals surface area (Å²) in [4.78, 5) is 12.7. The number of thioether (sulfide) groups is 1.